The van der Waals surface area contributed by atoms with Gasteiger partial charge < -0.3 is 5.11 Å². The minimum atomic E-state index is -0.355. The third-order valence-electron chi connectivity index (χ3n) is 2.14. The van der Waals surface area contributed by atoms with E-state index in [4.69, 9.17) is 0 Å². The van der Waals surface area contributed by atoms with E-state index in [0.717, 1.165) is 30.8 Å². The topological polar surface area (TPSA) is 38.1 Å². The molecule has 74 valence electrons. The van der Waals surface area contributed by atoms with Gasteiger partial charge in [0.2, 0.25) is 0 Å². The highest BCUT2D eigenvalue weighted by Gasteiger charge is 2.12. The summed E-state index contributed by atoms with van der Waals surface area (Å²) in [6, 6.07) is 1.96. The first kappa shape index (κ1) is 10.3. The van der Waals surface area contributed by atoms with Crippen LogP contribution in [0.25, 0.3) is 0 Å². The van der Waals surface area contributed by atoms with Gasteiger partial charge in [0.15, 0.2) is 0 Å². The summed E-state index contributed by atoms with van der Waals surface area (Å²) in [5.41, 5.74) is 1.92. The van der Waals surface area contributed by atoms with Crippen LogP contribution in [0, 0.1) is 6.92 Å². The second-order valence-electron chi connectivity index (χ2n) is 3.33. The van der Waals surface area contributed by atoms with Crippen LogP contribution < -0.4 is 0 Å². The standard InChI is InChI=1S/C10H18N2O/c1-4-6-10(13)9-7-8(3)11-12(9)5-2/h7,10,13H,4-6H2,1-3H3. The highest BCUT2D eigenvalue weighted by atomic mass is 16.3. The van der Waals surface area contributed by atoms with Gasteiger partial charge in [-0.2, -0.15) is 5.10 Å². The summed E-state index contributed by atoms with van der Waals surface area (Å²) in [5.74, 6) is 0. The zero-order valence-corrected chi connectivity index (χ0v) is 8.62. The Labute approximate surface area is 79.4 Å². The van der Waals surface area contributed by atoms with Crippen LogP contribution >= 0.6 is 0 Å². The summed E-state index contributed by atoms with van der Waals surface area (Å²) in [5, 5.41) is 14.1. The summed E-state index contributed by atoms with van der Waals surface area (Å²) in [6.45, 7) is 6.88. The predicted octanol–water partition coefficient (Wildman–Crippen LogP) is 2.04. The zero-order chi connectivity index (χ0) is 9.84. The summed E-state index contributed by atoms with van der Waals surface area (Å²) >= 11 is 0. The molecular formula is C10H18N2O. The number of aliphatic hydroxyl groups excluding tert-OH is 1. The number of nitrogens with zero attached hydrogens (tertiary/aromatic N) is 2. The van der Waals surface area contributed by atoms with Gasteiger partial charge in [-0.25, -0.2) is 0 Å². The zero-order valence-electron chi connectivity index (χ0n) is 8.62. The molecule has 1 unspecified atom stereocenters. The predicted molar refractivity (Wildman–Crippen MR) is 52.5 cm³/mol. The first-order valence-corrected chi connectivity index (χ1v) is 4.91. The van der Waals surface area contributed by atoms with Crippen molar-refractivity contribution in [2.75, 3.05) is 0 Å². The van der Waals surface area contributed by atoms with Crippen LogP contribution in [0.5, 0.6) is 0 Å². The van der Waals surface area contributed by atoms with Crippen LogP contribution in [0.1, 0.15) is 44.2 Å². The van der Waals surface area contributed by atoms with Crippen LogP contribution in [-0.4, -0.2) is 14.9 Å². The van der Waals surface area contributed by atoms with Gasteiger partial charge >= 0.3 is 0 Å². The van der Waals surface area contributed by atoms with E-state index in [9.17, 15) is 5.11 Å². The molecule has 1 N–H and O–H groups in total. The molecule has 1 heterocycles. The van der Waals surface area contributed by atoms with E-state index in [1.807, 2.05) is 24.6 Å². The lowest BCUT2D eigenvalue weighted by Crippen LogP contribution is -2.07. The molecule has 0 aliphatic carbocycles. The molecule has 0 bridgehead atoms. The largest absolute Gasteiger partial charge is 0.387 e. The van der Waals surface area contributed by atoms with Crippen LogP contribution in [-0.2, 0) is 6.54 Å². The second-order valence-corrected chi connectivity index (χ2v) is 3.33. The number of hydrogen-bond donors (Lipinski definition) is 1. The van der Waals surface area contributed by atoms with Crippen molar-refractivity contribution < 1.29 is 5.11 Å². The minimum Gasteiger partial charge on any atom is -0.387 e. The smallest absolute Gasteiger partial charge is 0.0956 e. The molecule has 0 saturated carbocycles. The Morgan fingerprint density at radius 3 is 2.77 bits per heavy atom. The van der Waals surface area contributed by atoms with Crippen LogP contribution in [0.2, 0.25) is 0 Å². The van der Waals surface area contributed by atoms with E-state index in [0.29, 0.717) is 0 Å². The third-order valence-corrected chi connectivity index (χ3v) is 2.14. The summed E-state index contributed by atoms with van der Waals surface area (Å²) in [7, 11) is 0. The van der Waals surface area contributed by atoms with Crippen molar-refractivity contribution in [1.82, 2.24) is 9.78 Å². The molecule has 0 aromatic carbocycles. The maximum absolute atomic E-state index is 9.78. The van der Waals surface area contributed by atoms with Gasteiger partial charge in [-0.05, 0) is 26.3 Å². The van der Waals surface area contributed by atoms with E-state index in [1.165, 1.54) is 0 Å². The molecule has 0 radical (unpaired) electrons. The lowest BCUT2D eigenvalue weighted by molar-refractivity contribution is 0.155. The fraction of sp³-hybridized carbons (Fsp3) is 0.700. The SMILES string of the molecule is CCCC(O)c1cc(C)nn1CC. The molecule has 13 heavy (non-hydrogen) atoms. The molecule has 1 aromatic rings. The highest BCUT2D eigenvalue weighted by Crippen LogP contribution is 2.18. The van der Waals surface area contributed by atoms with Crippen LogP contribution in [0.4, 0.5) is 0 Å². The molecule has 3 nitrogen and oxygen atoms in total. The van der Waals surface area contributed by atoms with E-state index >= 15 is 0 Å². The third kappa shape index (κ3) is 2.31. The molecule has 0 amide bonds. The minimum absolute atomic E-state index is 0.355. The fourth-order valence-corrected chi connectivity index (χ4v) is 1.51. The van der Waals surface area contributed by atoms with Gasteiger partial charge in [0.1, 0.15) is 0 Å². The maximum atomic E-state index is 9.78. The van der Waals surface area contributed by atoms with Crippen LogP contribution in [0.3, 0.4) is 0 Å². The molecule has 0 spiro atoms. The van der Waals surface area contributed by atoms with Crippen molar-refractivity contribution in [1.29, 1.82) is 0 Å². The van der Waals surface area contributed by atoms with Crippen molar-refractivity contribution >= 4 is 0 Å². The molecule has 1 atom stereocenters. The summed E-state index contributed by atoms with van der Waals surface area (Å²) < 4.78 is 1.87. The van der Waals surface area contributed by atoms with E-state index in [2.05, 4.69) is 12.0 Å². The van der Waals surface area contributed by atoms with Gasteiger partial charge in [0, 0.05) is 6.54 Å². The first-order valence-electron chi connectivity index (χ1n) is 4.91. The average molecular weight is 182 g/mol. The lowest BCUT2D eigenvalue weighted by Gasteiger charge is -2.10. The highest BCUT2D eigenvalue weighted by molar-refractivity contribution is 5.11. The lowest BCUT2D eigenvalue weighted by atomic mass is 10.1. The van der Waals surface area contributed by atoms with Crippen molar-refractivity contribution in [3.8, 4) is 0 Å². The van der Waals surface area contributed by atoms with Crippen molar-refractivity contribution in [3.63, 3.8) is 0 Å². The Hall–Kier alpha value is -0.830. The molecule has 0 saturated heterocycles. The monoisotopic (exact) mass is 182 g/mol. The molecule has 0 aliphatic rings. The van der Waals surface area contributed by atoms with Gasteiger partial charge in [-0.3, -0.25) is 4.68 Å². The molecular weight excluding hydrogens is 164 g/mol. The Morgan fingerprint density at radius 2 is 2.23 bits per heavy atom. The molecule has 0 aliphatic heterocycles. The molecule has 0 fully saturated rings. The number of aromatic nitrogens is 2. The first-order chi connectivity index (χ1) is 6.19. The maximum Gasteiger partial charge on any atom is 0.0956 e. The molecule has 3 heteroatoms. The second kappa shape index (κ2) is 4.42. The fourth-order valence-electron chi connectivity index (χ4n) is 1.51. The van der Waals surface area contributed by atoms with Crippen molar-refractivity contribution in [2.24, 2.45) is 0 Å². The number of aliphatic hydroxyl groups is 1. The number of aryl methyl sites for hydroxylation is 2. The normalized spacial score (nSPS) is 13.2. The van der Waals surface area contributed by atoms with Gasteiger partial charge in [0.05, 0.1) is 17.5 Å². The Balaban J connectivity index is 2.84. The van der Waals surface area contributed by atoms with Crippen LogP contribution in [0.15, 0.2) is 6.07 Å². The van der Waals surface area contributed by atoms with Gasteiger partial charge in [-0.15, -0.1) is 0 Å². The number of hydrogen-bond acceptors (Lipinski definition) is 2. The van der Waals surface area contributed by atoms with Gasteiger partial charge in [-0.1, -0.05) is 13.3 Å². The molecule has 1 aromatic heterocycles. The Morgan fingerprint density at radius 1 is 1.54 bits per heavy atom. The summed E-state index contributed by atoms with van der Waals surface area (Å²) in [6.07, 6.45) is 1.45. The van der Waals surface area contributed by atoms with E-state index in [1.54, 1.807) is 0 Å². The quantitative estimate of drug-likeness (QED) is 0.773. The summed E-state index contributed by atoms with van der Waals surface area (Å²) in [4.78, 5) is 0. The number of rotatable bonds is 4. The Bertz CT molecular complexity index is 268. The van der Waals surface area contributed by atoms with E-state index in [-0.39, 0.29) is 6.10 Å². The van der Waals surface area contributed by atoms with Crippen molar-refractivity contribution in [2.45, 2.75) is 46.3 Å². The van der Waals surface area contributed by atoms with Crippen molar-refractivity contribution in [3.05, 3.63) is 17.5 Å². The molecule has 1 rings (SSSR count). The Kier molecular flexibility index (Phi) is 3.48. The average Bonchev–Trinajstić information content (AvgIpc) is 2.47. The van der Waals surface area contributed by atoms with Gasteiger partial charge in [0.25, 0.3) is 0 Å². The van der Waals surface area contributed by atoms with E-state index < -0.39 is 0 Å².